The van der Waals surface area contributed by atoms with Gasteiger partial charge in [-0.1, -0.05) is 36.8 Å². The lowest BCUT2D eigenvalue weighted by Crippen LogP contribution is -2.15. The third kappa shape index (κ3) is 2.68. The van der Waals surface area contributed by atoms with Crippen LogP contribution in [0.25, 0.3) is 5.69 Å². The van der Waals surface area contributed by atoms with E-state index in [1.54, 1.807) is 28.8 Å². The topological polar surface area (TPSA) is 43.8 Å². The molecule has 2 aromatic rings. The van der Waals surface area contributed by atoms with E-state index in [9.17, 15) is 0 Å². The van der Waals surface area contributed by atoms with E-state index in [-0.39, 0.29) is 0 Å². The summed E-state index contributed by atoms with van der Waals surface area (Å²) in [5.41, 5.74) is 7.53. The molecule has 0 bridgehead atoms. The Hall–Kier alpha value is -1.04. The van der Waals surface area contributed by atoms with Crippen molar-refractivity contribution in [3.05, 3.63) is 41.2 Å². The minimum absolute atomic E-state index is 0.369. The van der Waals surface area contributed by atoms with Crippen LogP contribution in [0, 0.1) is 0 Å². The fourth-order valence-electron chi connectivity index (χ4n) is 1.67. The number of hydrogen-bond acceptors (Lipinski definition) is 3. The van der Waals surface area contributed by atoms with Gasteiger partial charge in [-0.25, -0.2) is 4.68 Å². The molecule has 2 rings (SSSR count). The van der Waals surface area contributed by atoms with Crippen LogP contribution < -0.4 is 5.73 Å². The molecule has 0 saturated heterocycles. The molecule has 0 spiro atoms. The number of nitrogens with two attached hydrogens (primary N) is 1. The maximum Gasteiger partial charge on any atom is 0.107 e. The normalized spacial score (nSPS) is 10.6. The van der Waals surface area contributed by atoms with E-state index in [4.69, 9.17) is 29.6 Å². The van der Waals surface area contributed by atoms with Crippen molar-refractivity contribution < 1.29 is 0 Å². The van der Waals surface area contributed by atoms with Crippen LogP contribution in [0.5, 0.6) is 0 Å². The van der Waals surface area contributed by atoms with Gasteiger partial charge in [-0.3, -0.25) is 0 Å². The first-order valence-electron chi connectivity index (χ1n) is 5.39. The number of benzene rings is 1. The van der Waals surface area contributed by atoms with Crippen molar-refractivity contribution >= 4 is 40.6 Å². The highest BCUT2D eigenvalue weighted by molar-refractivity contribution is 7.99. The lowest BCUT2D eigenvalue weighted by molar-refractivity contribution is 0.875. The van der Waals surface area contributed by atoms with E-state index < -0.39 is 0 Å². The summed E-state index contributed by atoms with van der Waals surface area (Å²) in [5, 5.41) is 4.77. The molecule has 0 atom stereocenters. The first kappa shape index (κ1) is 13.4. The quantitative estimate of drug-likeness (QED) is 0.695. The molecule has 18 heavy (non-hydrogen) atoms. The number of thioether (sulfide) groups is 1. The molecule has 1 heterocycles. The van der Waals surface area contributed by atoms with Crippen molar-refractivity contribution in [2.24, 2.45) is 5.73 Å². The summed E-state index contributed by atoms with van der Waals surface area (Å²) in [6.07, 6.45) is 3.32. The molecule has 0 saturated carbocycles. The average molecular weight is 298 g/mol. The monoisotopic (exact) mass is 297 g/mol. The molecular weight excluding hydrogens is 286 g/mol. The Labute approximate surface area is 120 Å². The van der Waals surface area contributed by atoms with E-state index in [1.807, 2.05) is 18.2 Å². The van der Waals surface area contributed by atoms with Gasteiger partial charge in [0.15, 0.2) is 0 Å². The third-order valence-electron chi connectivity index (χ3n) is 2.35. The molecule has 0 aliphatic heterocycles. The predicted octanol–water partition coefficient (Wildman–Crippen LogP) is 3.27. The number of thiocarbonyl (C=S) groups is 1. The zero-order valence-corrected chi connectivity index (χ0v) is 12.1. The van der Waals surface area contributed by atoms with Crippen molar-refractivity contribution in [3.63, 3.8) is 0 Å². The van der Waals surface area contributed by atoms with Crippen molar-refractivity contribution in [1.29, 1.82) is 0 Å². The summed E-state index contributed by atoms with van der Waals surface area (Å²) in [4.78, 5) is 1.43. The fourth-order valence-corrected chi connectivity index (χ4v) is 2.93. The Kier molecular flexibility index (Phi) is 4.27. The van der Waals surface area contributed by atoms with Gasteiger partial charge in [0.2, 0.25) is 0 Å². The van der Waals surface area contributed by atoms with Gasteiger partial charge >= 0.3 is 0 Å². The summed E-state index contributed by atoms with van der Waals surface area (Å²) >= 11 is 12.7. The van der Waals surface area contributed by atoms with Crippen LogP contribution in [0.1, 0.15) is 12.5 Å². The van der Waals surface area contributed by atoms with Gasteiger partial charge < -0.3 is 5.73 Å². The molecule has 0 unspecified atom stereocenters. The smallest absolute Gasteiger partial charge is 0.107 e. The second kappa shape index (κ2) is 5.73. The summed E-state index contributed by atoms with van der Waals surface area (Å²) in [7, 11) is 0. The Morgan fingerprint density at radius 1 is 1.56 bits per heavy atom. The van der Waals surface area contributed by atoms with Gasteiger partial charge in [0, 0.05) is 16.7 Å². The predicted molar refractivity (Wildman–Crippen MR) is 80.9 cm³/mol. The van der Waals surface area contributed by atoms with Crippen molar-refractivity contribution in [1.82, 2.24) is 9.78 Å². The van der Waals surface area contributed by atoms with E-state index in [1.165, 1.54) is 0 Å². The molecule has 3 nitrogen and oxygen atoms in total. The molecular formula is C12H12ClN3S2. The molecule has 0 aliphatic carbocycles. The standard InChI is InChI=1S/C12H12ClN3S2/c1-2-18-10-5-3-4-9(11(10)12(14)17)16-7-8(13)6-15-16/h3-7H,2H2,1H3,(H2,14,17). The van der Waals surface area contributed by atoms with Crippen LogP contribution in [-0.4, -0.2) is 20.5 Å². The van der Waals surface area contributed by atoms with Crippen molar-refractivity contribution in [2.75, 3.05) is 5.75 Å². The summed E-state index contributed by atoms with van der Waals surface area (Å²) < 4.78 is 1.69. The zero-order valence-electron chi connectivity index (χ0n) is 9.76. The molecule has 6 heteroatoms. The summed E-state index contributed by atoms with van der Waals surface area (Å²) in [6.45, 7) is 2.09. The fraction of sp³-hybridized carbons (Fsp3) is 0.167. The van der Waals surface area contributed by atoms with Crippen LogP contribution in [-0.2, 0) is 0 Å². The highest BCUT2D eigenvalue weighted by atomic mass is 35.5. The van der Waals surface area contributed by atoms with E-state index in [2.05, 4.69) is 12.0 Å². The molecule has 1 aromatic heterocycles. The van der Waals surface area contributed by atoms with E-state index in [0.717, 1.165) is 21.9 Å². The van der Waals surface area contributed by atoms with Crippen LogP contribution in [0.15, 0.2) is 35.5 Å². The Morgan fingerprint density at radius 2 is 2.33 bits per heavy atom. The number of rotatable bonds is 4. The third-order valence-corrected chi connectivity index (χ3v) is 3.69. The molecule has 0 fully saturated rings. The molecule has 0 aliphatic rings. The van der Waals surface area contributed by atoms with Gasteiger partial charge in [0.1, 0.15) is 4.99 Å². The number of hydrogen-bond donors (Lipinski definition) is 1. The van der Waals surface area contributed by atoms with Gasteiger partial charge in [-0.15, -0.1) is 11.8 Å². The molecule has 0 radical (unpaired) electrons. The first-order chi connectivity index (χ1) is 8.63. The Morgan fingerprint density at radius 3 is 2.89 bits per heavy atom. The number of nitrogens with zero attached hydrogens (tertiary/aromatic N) is 2. The number of halogens is 1. The second-order valence-electron chi connectivity index (χ2n) is 3.55. The maximum atomic E-state index is 5.89. The second-order valence-corrected chi connectivity index (χ2v) is 5.73. The van der Waals surface area contributed by atoms with Gasteiger partial charge in [0.25, 0.3) is 0 Å². The first-order valence-corrected chi connectivity index (χ1v) is 7.16. The van der Waals surface area contributed by atoms with Gasteiger partial charge in [-0.05, 0) is 17.9 Å². The minimum atomic E-state index is 0.369. The van der Waals surface area contributed by atoms with Gasteiger partial charge in [-0.2, -0.15) is 5.10 Å². The summed E-state index contributed by atoms with van der Waals surface area (Å²) in [5.74, 6) is 0.957. The Bertz CT molecular complexity index is 580. The number of aromatic nitrogens is 2. The van der Waals surface area contributed by atoms with Crippen molar-refractivity contribution in [2.45, 2.75) is 11.8 Å². The van der Waals surface area contributed by atoms with Crippen LogP contribution >= 0.6 is 35.6 Å². The van der Waals surface area contributed by atoms with E-state index in [0.29, 0.717) is 10.0 Å². The SMILES string of the molecule is CCSc1cccc(-n2cc(Cl)cn2)c1C(N)=S. The maximum absolute atomic E-state index is 5.89. The lowest BCUT2D eigenvalue weighted by atomic mass is 10.2. The highest BCUT2D eigenvalue weighted by Gasteiger charge is 2.13. The molecule has 0 amide bonds. The minimum Gasteiger partial charge on any atom is -0.389 e. The van der Waals surface area contributed by atoms with Gasteiger partial charge in [0.05, 0.1) is 16.9 Å². The van der Waals surface area contributed by atoms with Crippen LogP contribution in [0.2, 0.25) is 5.02 Å². The molecule has 1 aromatic carbocycles. The largest absolute Gasteiger partial charge is 0.389 e. The Balaban J connectivity index is 2.59. The summed E-state index contributed by atoms with van der Waals surface area (Å²) in [6, 6.07) is 5.90. The van der Waals surface area contributed by atoms with Crippen LogP contribution in [0.4, 0.5) is 0 Å². The molecule has 2 N–H and O–H groups in total. The van der Waals surface area contributed by atoms with Crippen molar-refractivity contribution in [3.8, 4) is 5.69 Å². The molecule has 94 valence electrons. The lowest BCUT2D eigenvalue weighted by Gasteiger charge is -2.12. The highest BCUT2D eigenvalue weighted by Crippen LogP contribution is 2.27. The van der Waals surface area contributed by atoms with Crippen LogP contribution in [0.3, 0.4) is 0 Å². The van der Waals surface area contributed by atoms with E-state index >= 15 is 0 Å². The zero-order chi connectivity index (χ0) is 13.1. The average Bonchev–Trinajstić information content (AvgIpc) is 2.75.